The number of allylic oxidation sites excluding steroid dienone is 1. The monoisotopic (exact) mass is 438 g/mol. The maximum Gasteiger partial charge on any atom is 0.305 e. The SMILES string of the molecule is CCCCCCC(O)C/C=C\CCCCCCCC(=O)OCCCCCCCC(C)C. The van der Waals surface area contributed by atoms with Crippen LogP contribution in [0.25, 0.3) is 0 Å². The van der Waals surface area contributed by atoms with E-state index in [1.54, 1.807) is 0 Å². The second-order valence-electron chi connectivity index (χ2n) is 9.69. The fraction of sp³-hybridized carbons (Fsp3) is 0.893. The Morgan fingerprint density at radius 3 is 2.13 bits per heavy atom. The van der Waals surface area contributed by atoms with Gasteiger partial charge in [-0.3, -0.25) is 4.79 Å². The van der Waals surface area contributed by atoms with Crippen LogP contribution >= 0.6 is 0 Å². The van der Waals surface area contributed by atoms with Crippen LogP contribution in [-0.4, -0.2) is 23.8 Å². The van der Waals surface area contributed by atoms with Crippen molar-refractivity contribution in [2.75, 3.05) is 6.61 Å². The molecule has 1 unspecified atom stereocenters. The minimum absolute atomic E-state index is 0.0176. The summed E-state index contributed by atoms with van der Waals surface area (Å²) in [4.78, 5) is 11.8. The molecule has 0 aromatic carbocycles. The Labute approximate surface area is 194 Å². The molecule has 0 heterocycles. The molecule has 0 bridgehead atoms. The van der Waals surface area contributed by atoms with Crippen molar-refractivity contribution in [3.63, 3.8) is 0 Å². The zero-order chi connectivity index (χ0) is 23.0. The first kappa shape index (κ1) is 30.2. The number of carbonyl (C=O) groups excluding carboxylic acids is 1. The van der Waals surface area contributed by atoms with Crippen LogP contribution in [0.2, 0.25) is 0 Å². The molecule has 0 saturated carbocycles. The van der Waals surface area contributed by atoms with Crippen molar-refractivity contribution in [2.45, 2.75) is 149 Å². The molecule has 0 aliphatic heterocycles. The van der Waals surface area contributed by atoms with E-state index in [-0.39, 0.29) is 12.1 Å². The smallest absolute Gasteiger partial charge is 0.305 e. The van der Waals surface area contributed by atoms with Gasteiger partial charge in [-0.2, -0.15) is 0 Å². The maximum atomic E-state index is 11.8. The molecule has 0 aliphatic carbocycles. The van der Waals surface area contributed by atoms with Crippen molar-refractivity contribution in [1.82, 2.24) is 0 Å². The van der Waals surface area contributed by atoms with E-state index in [1.807, 2.05) is 0 Å². The van der Waals surface area contributed by atoms with Crippen molar-refractivity contribution < 1.29 is 14.6 Å². The number of rotatable bonds is 23. The lowest BCUT2D eigenvalue weighted by molar-refractivity contribution is -0.143. The van der Waals surface area contributed by atoms with Crippen molar-refractivity contribution in [1.29, 1.82) is 0 Å². The van der Waals surface area contributed by atoms with Crippen LogP contribution in [0.5, 0.6) is 0 Å². The normalized spacial score (nSPS) is 12.7. The molecule has 0 amide bonds. The lowest BCUT2D eigenvalue weighted by Gasteiger charge is -2.07. The summed E-state index contributed by atoms with van der Waals surface area (Å²) >= 11 is 0. The summed E-state index contributed by atoms with van der Waals surface area (Å²) < 4.78 is 5.35. The van der Waals surface area contributed by atoms with Crippen LogP contribution in [0.15, 0.2) is 12.2 Å². The molecule has 184 valence electrons. The van der Waals surface area contributed by atoms with E-state index < -0.39 is 0 Å². The topological polar surface area (TPSA) is 46.5 Å². The Kier molecular flexibility index (Phi) is 23.2. The zero-order valence-electron chi connectivity index (χ0n) is 21.2. The molecule has 0 aromatic rings. The van der Waals surface area contributed by atoms with E-state index in [0.717, 1.165) is 50.9 Å². The Hall–Kier alpha value is -0.830. The highest BCUT2D eigenvalue weighted by atomic mass is 16.5. The summed E-state index contributed by atoms with van der Waals surface area (Å²) in [7, 11) is 0. The molecule has 3 nitrogen and oxygen atoms in total. The van der Waals surface area contributed by atoms with Crippen molar-refractivity contribution >= 4 is 5.97 Å². The summed E-state index contributed by atoms with van der Waals surface area (Å²) in [6.07, 6.45) is 25.6. The number of unbranched alkanes of at least 4 members (excludes halogenated alkanes) is 12. The molecule has 0 aliphatic rings. The van der Waals surface area contributed by atoms with Gasteiger partial charge in [0.25, 0.3) is 0 Å². The average Bonchev–Trinajstić information content (AvgIpc) is 2.74. The van der Waals surface area contributed by atoms with Gasteiger partial charge in [0.15, 0.2) is 0 Å². The Morgan fingerprint density at radius 1 is 0.774 bits per heavy atom. The molecule has 0 spiro atoms. The van der Waals surface area contributed by atoms with Gasteiger partial charge in [-0.1, -0.05) is 110 Å². The highest BCUT2D eigenvalue weighted by Crippen LogP contribution is 2.12. The predicted molar refractivity (Wildman–Crippen MR) is 134 cm³/mol. The Morgan fingerprint density at radius 2 is 1.39 bits per heavy atom. The van der Waals surface area contributed by atoms with Crippen LogP contribution in [-0.2, 0) is 9.53 Å². The Bertz CT molecular complexity index is 403. The lowest BCUT2D eigenvalue weighted by atomic mass is 10.0. The summed E-state index contributed by atoms with van der Waals surface area (Å²) in [5, 5.41) is 9.93. The van der Waals surface area contributed by atoms with Crippen molar-refractivity contribution in [3.8, 4) is 0 Å². The number of esters is 1. The van der Waals surface area contributed by atoms with Crippen LogP contribution in [0, 0.1) is 5.92 Å². The van der Waals surface area contributed by atoms with Gasteiger partial charge in [-0.25, -0.2) is 0 Å². The molecule has 0 rings (SSSR count). The van der Waals surface area contributed by atoms with Gasteiger partial charge in [0.2, 0.25) is 0 Å². The van der Waals surface area contributed by atoms with Crippen LogP contribution in [0.3, 0.4) is 0 Å². The first-order valence-electron chi connectivity index (χ1n) is 13.5. The predicted octanol–water partition coefficient (Wildman–Crippen LogP) is 8.53. The number of carbonyl (C=O) groups is 1. The van der Waals surface area contributed by atoms with Crippen molar-refractivity contribution in [2.24, 2.45) is 5.92 Å². The van der Waals surface area contributed by atoms with Crippen molar-refractivity contribution in [3.05, 3.63) is 12.2 Å². The molecule has 0 radical (unpaired) electrons. The summed E-state index contributed by atoms with van der Waals surface area (Å²) in [6, 6.07) is 0. The minimum atomic E-state index is -0.164. The number of ether oxygens (including phenoxy) is 1. The minimum Gasteiger partial charge on any atom is -0.466 e. The molecular formula is C28H54O3. The number of aliphatic hydroxyl groups excluding tert-OH is 1. The van der Waals surface area contributed by atoms with E-state index >= 15 is 0 Å². The molecule has 0 aromatic heterocycles. The largest absolute Gasteiger partial charge is 0.466 e. The Balaban J connectivity index is 3.31. The third kappa shape index (κ3) is 25.3. The third-order valence-corrected chi connectivity index (χ3v) is 5.91. The fourth-order valence-corrected chi connectivity index (χ4v) is 3.80. The lowest BCUT2D eigenvalue weighted by Crippen LogP contribution is -2.05. The molecule has 0 fully saturated rings. The van der Waals surface area contributed by atoms with Gasteiger partial charge in [-0.05, 0) is 44.4 Å². The van der Waals surface area contributed by atoms with Gasteiger partial charge >= 0.3 is 5.97 Å². The molecule has 1 N–H and O–H groups in total. The standard InChI is InChI=1S/C28H54O3/c1-4-5-6-17-22-27(29)23-18-13-9-7-8-10-14-19-24-28(30)31-25-20-15-11-12-16-21-26(2)3/h13,18,26-27,29H,4-12,14-17,19-25H2,1-3H3/b18-13-. The highest BCUT2D eigenvalue weighted by Gasteiger charge is 2.03. The molecular weight excluding hydrogens is 384 g/mol. The van der Waals surface area contributed by atoms with E-state index in [2.05, 4.69) is 32.9 Å². The second-order valence-corrected chi connectivity index (χ2v) is 9.69. The summed E-state index contributed by atoms with van der Waals surface area (Å²) in [6.45, 7) is 7.37. The van der Waals surface area contributed by atoms with Gasteiger partial charge in [-0.15, -0.1) is 0 Å². The van der Waals surface area contributed by atoms with Crippen LogP contribution in [0.4, 0.5) is 0 Å². The number of aliphatic hydroxyl groups is 1. The van der Waals surface area contributed by atoms with Crippen LogP contribution in [0.1, 0.15) is 143 Å². The number of hydrogen-bond donors (Lipinski definition) is 1. The van der Waals surface area contributed by atoms with E-state index in [1.165, 1.54) is 70.6 Å². The van der Waals surface area contributed by atoms with Gasteiger partial charge < -0.3 is 9.84 Å². The van der Waals surface area contributed by atoms with Gasteiger partial charge in [0.05, 0.1) is 12.7 Å². The van der Waals surface area contributed by atoms with Gasteiger partial charge in [0.1, 0.15) is 0 Å². The maximum absolute atomic E-state index is 11.8. The van der Waals surface area contributed by atoms with Gasteiger partial charge in [0, 0.05) is 6.42 Å². The first-order valence-corrected chi connectivity index (χ1v) is 13.5. The summed E-state index contributed by atoms with van der Waals surface area (Å²) in [5.74, 6) is 0.795. The third-order valence-electron chi connectivity index (χ3n) is 5.91. The molecule has 0 saturated heterocycles. The molecule has 3 heteroatoms. The second kappa shape index (κ2) is 23.8. The van der Waals surface area contributed by atoms with Crippen LogP contribution < -0.4 is 0 Å². The van der Waals surface area contributed by atoms with E-state index in [9.17, 15) is 9.90 Å². The average molecular weight is 439 g/mol. The zero-order valence-corrected chi connectivity index (χ0v) is 21.2. The van der Waals surface area contributed by atoms with E-state index in [4.69, 9.17) is 4.74 Å². The first-order chi connectivity index (χ1) is 15.1. The quantitative estimate of drug-likeness (QED) is 0.0987. The fourth-order valence-electron chi connectivity index (χ4n) is 3.80. The molecule has 31 heavy (non-hydrogen) atoms. The molecule has 1 atom stereocenters. The van der Waals surface area contributed by atoms with E-state index in [0.29, 0.717) is 13.0 Å². The highest BCUT2D eigenvalue weighted by molar-refractivity contribution is 5.69. The summed E-state index contributed by atoms with van der Waals surface area (Å²) in [5.41, 5.74) is 0. The number of hydrogen-bond acceptors (Lipinski definition) is 3.